The van der Waals surface area contributed by atoms with Gasteiger partial charge in [-0.05, 0) is 75.3 Å². The second kappa shape index (κ2) is 5.39. The van der Waals surface area contributed by atoms with E-state index in [1.54, 1.807) is 0 Å². The summed E-state index contributed by atoms with van der Waals surface area (Å²) < 4.78 is 12.1. The summed E-state index contributed by atoms with van der Waals surface area (Å²) in [5.41, 5.74) is 1.21. The fourth-order valence-electron chi connectivity index (χ4n) is 6.41. The van der Waals surface area contributed by atoms with Gasteiger partial charge in [0.15, 0.2) is 0 Å². The van der Waals surface area contributed by atoms with Crippen LogP contribution in [0, 0.1) is 11.3 Å². The fourth-order valence-corrected chi connectivity index (χ4v) is 6.41. The molecule has 4 fully saturated rings. The molecule has 0 radical (unpaired) electrons. The molecule has 0 amide bonds. The number of fused-ring (bicyclic) bond motifs is 3. The van der Waals surface area contributed by atoms with E-state index in [-0.39, 0.29) is 23.4 Å². The SMILES string of the molecule is CC12CC(CC3CCC4OC4(c4cc5ccccc5[nH]4)C3)(C(=O)O)CCC1O2. The van der Waals surface area contributed by atoms with Crippen molar-refractivity contribution in [2.45, 2.75) is 75.3 Å². The molecule has 2 saturated carbocycles. The van der Waals surface area contributed by atoms with Crippen LogP contribution < -0.4 is 0 Å². The number of epoxide rings is 2. The maximum Gasteiger partial charge on any atom is 0.309 e. The molecule has 6 atom stereocenters. The highest BCUT2D eigenvalue weighted by atomic mass is 16.6. The largest absolute Gasteiger partial charge is 0.481 e. The predicted octanol–water partition coefficient (Wildman–Crippen LogP) is 4.36. The van der Waals surface area contributed by atoms with Crippen LogP contribution in [0.2, 0.25) is 0 Å². The molecule has 1 aromatic carbocycles. The van der Waals surface area contributed by atoms with Gasteiger partial charge in [0.25, 0.3) is 0 Å². The number of ether oxygens (including phenoxy) is 2. The van der Waals surface area contributed by atoms with Crippen LogP contribution in [0.1, 0.15) is 57.6 Å². The van der Waals surface area contributed by atoms with Gasteiger partial charge in [0, 0.05) is 5.52 Å². The Bertz CT molecular complexity index is 935. The lowest BCUT2D eigenvalue weighted by Gasteiger charge is -2.38. The smallest absolute Gasteiger partial charge is 0.309 e. The minimum atomic E-state index is -0.643. The number of hydrogen-bond acceptors (Lipinski definition) is 3. The first kappa shape index (κ1) is 17.0. The lowest BCUT2D eigenvalue weighted by atomic mass is 9.63. The molecule has 1 aromatic heterocycles. The Labute approximate surface area is 164 Å². The zero-order valence-electron chi connectivity index (χ0n) is 16.2. The summed E-state index contributed by atoms with van der Waals surface area (Å²) >= 11 is 0. The van der Waals surface area contributed by atoms with Crippen LogP contribution >= 0.6 is 0 Å². The highest BCUT2D eigenvalue weighted by Gasteiger charge is 2.65. The minimum Gasteiger partial charge on any atom is -0.481 e. The third-order valence-electron chi connectivity index (χ3n) is 7.97. The number of rotatable bonds is 4. The third kappa shape index (κ3) is 2.35. The van der Waals surface area contributed by atoms with Gasteiger partial charge >= 0.3 is 5.97 Å². The lowest BCUT2D eigenvalue weighted by molar-refractivity contribution is -0.153. The summed E-state index contributed by atoms with van der Waals surface area (Å²) in [7, 11) is 0. The van der Waals surface area contributed by atoms with Crippen molar-refractivity contribution in [3.63, 3.8) is 0 Å². The van der Waals surface area contributed by atoms with E-state index in [9.17, 15) is 9.90 Å². The van der Waals surface area contributed by atoms with Crippen LogP contribution in [0.25, 0.3) is 10.9 Å². The molecule has 6 unspecified atom stereocenters. The maximum absolute atomic E-state index is 12.3. The summed E-state index contributed by atoms with van der Waals surface area (Å²) in [6, 6.07) is 10.5. The molecule has 3 heterocycles. The van der Waals surface area contributed by atoms with Gasteiger partial charge in [0.05, 0.1) is 28.9 Å². The van der Waals surface area contributed by atoms with Crippen molar-refractivity contribution < 1.29 is 19.4 Å². The van der Waals surface area contributed by atoms with E-state index >= 15 is 0 Å². The van der Waals surface area contributed by atoms with Crippen molar-refractivity contribution in [2.24, 2.45) is 11.3 Å². The van der Waals surface area contributed by atoms with Gasteiger partial charge in [-0.25, -0.2) is 0 Å². The highest BCUT2D eigenvalue weighted by Crippen LogP contribution is 2.61. The van der Waals surface area contributed by atoms with Gasteiger partial charge in [-0.15, -0.1) is 0 Å². The predicted molar refractivity (Wildman–Crippen MR) is 104 cm³/mol. The molecule has 148 valence electrons. The molecule has 2 N–H and O–H groups in total. The van der Waals surface area contributed by atoms with Crippen LogP contribution in [-0.4, -0.2) is 33.9 Å². The van der Waals surface area contributed by atoms with E-state index in [2.05, 4.69) is 36.2 Å². The third-order valence-corrected chi connectivity index (χ3v) is 7.97. The van der Waals surface area contributed by atoms with Crippen molar-refractivity contribution >= 4 is 16.9 Å². The number of aromatic amines is 1. The Morgan fingerprint density at radius 3 is 2.86 bits per heavy atom. The van der Waals surface area contributed by atoms with Gasteiger partial charge in [-0.2, -0.15) is 0 Å². The number of aliphatic carboxylic acids is 1. The van der Waals surface area contributed by atoms with E-state index < -0.39 is 11.4 Å². The molecule has 0 bridgehead atoms. The van der Waals surface area contributed by atoms with E-state index in [4.69, 9.17) is 9.47 Å². The van der Waals surface area contributed by atoms with Gasteiger partial charge < -0.3 is 19.6 Å². The molecule has 2 aliphatic carbocycles. The number of carboxylic acids is 1. The molecule has 28 heavy (non-hydrogen) atoms. The van der Waals surface area contributed by atoms with Crippen LogP contribution in [-0.2, 0) is 19.9 Å². The topological polar surface area (TPSA) is 78.2 Å². The molecular weight excluding hydrogens is 354 g/mol. The van der Waals surface area contributed by atoms with Gasteiger partial charge in [-0.3, -0.25) is 4.79 Å². The number of para-hydroxylation sites is 1. The molecule has 4 aliphatic rings. The Morgan fingerprint density at radius 2 is 2.07 bits per heavy atom. The molecule has 2 aliphatic heterocycles. The summed E-state index contributed by atoms with van der Waals surface area (Å²) in [5.74, 6) is -0.263. The Balaban J connectivity index is 1.26. The number of aromatic nitrogens is 1. The van der Waals surface area contributed by atoms with Crippen molar-refractivity contribution in [1.29, 1.82) is 0 Å². The number of hydrogen-bond donors (Lipinski definition) is 2. The second-order valence-electron chi connectivity index (χ2n) is 9.84. The van der Waals surface area contributed by atoms with Crippen LogP contribution in [0.3, 0.4) is 0 Å². The Hall–Kier alpha value is -1.85. The minimum absolute atomic E-state index is 0.210. The number of nitrogens with one attached hydrogen (secondary N) is 1. The fraction of sp³-hybridized carbons (Fsp3) is 0.609. The molecular formula is C23H27NO4. The molecule has 5 heteroatoms. The average Bonchev–Trinajstić information content (AvgIpc) is 3.51. The molecule has 6 rings (SSSR count). The quantitative estimate of drug-likeness (QED) is 0.771. The van der Waals surface area contributed by atoms with E-state index in [1.165, 1.54) is 5.39 Å². The first-order valence-corrected chi connectivity index (χ1v) is 10.6. The van der Waals surface area contributed by atoms with Crippen molar-refractivity contribution in [1.82, 2.24) is 4.98 Å². The lowest BCUT2D eigenvalue weighted by Crippen LogP contribution is -2.42. The number of carbonyl (C=O) groups is 1. The summed E-state index contributed by atoms with van der Waals surface area (Å²) in [6.45, 7) is 2.08. The molecule has 2 saturated heterocycles. The zero-order chi connectivity index (χ0) is 19.1. The number of benzene rings is 1. The highest BCUT2D eigenvalue weighted by molar-refractivity contribution is 5.80. The van der Waals surface area contributed by atoms with Crippen molar-refractivity contribution in [3.8, 4) is 0 Å². The van der Waals surface area contributed by atoms with Crippen molar-refractivity contribution in [3.05, 3.63) is 36.0 Å². The number of H-pyrrole nitrogens is 1. The summed E-state index contributed by atoms with van der Waals surface area (Å²) in [4.78, 5) is 15.9. The average molecular weight is 381 g/mol. The molecule has 5 nitrogen and oxygen atoms in total. The summed E-state index contributed by atoms with van der Waals surface area (Å²) in [6.07, 6.45) is 6.56. The molecule has 0 spiro atoms. The standard InChI is InChI=1S/C23H27NO4/c1-21-13-22(20(25)26,9-8-18(21)27-21)11-14-6-7-19-23(12-14,28-19)17-10-15-4-2-3-5-16(15)24-17/h2-5,10,14,18-19,24H,6-9,11-13H2,1H3,(H,25,26). The van der Waals surface area contributed by atoms with Crippen LogP contribution in [0.4, 0.5) is 0 Å². The van der Waals surface area contributed by atoms with E-state index in [0.717, 1.165) is 49.7 Å². The number of carboxylic acid groups (broad SMARTS) is 1. The Kier molecular flexibility index (Phi) is 3.28. The first-order chi connectivity index (χ1) is 13.4. The summed E-state index contributed by atoms with van der Waals surface area (Å²) in [5, 5.41) is 11.3. The van der Waals surface area contributed by atoms with Gasteiger partial charge in [0.1, 0.15) is 5.60 Å². The zero-order valence-corrected chi connectivity index (χ0v) is 16.2. The monoisotopic (exact) mass is 381 g/mol. The maximum atomic E-state index is 12.3. The normalized spacial score (nSPS) is 44.0. The van der Waals surface area contributed by atoms with Crippen LogP contribution in [0.15, 0.2) is 30.3 Å². The Morgan fingerprint density at radius 1 is 1.21 bits per heavy atom. The van der Waals surface area contributed by atoms with Gasteiger partial charge in [0.2, 0.25) is 0 Å². The van der Waals surface area contributed by atoms with E-state index in [1.807, 2.05) is 6.07 Å². The van der Waals surface area contributed by atoms with Crippen molar-refractivity contribution in [2.75, 3.05) is 0 Å². The molecule has 2 aromatic rings. The van der Waals surface area contributed by atoms with Crippen LogP contribution in [0.5, 0.6) is 0 Å². The first-order valence-electron chi connectivity index (χ1n) is 10.6. The van der Waals surface area contributed by atoms with Gasteiger partial charge in [-0.1, -0.05) is 18.2 Å². The van der Waals surface area contributed by atoms with E-state index in [0.29, 0.717) is 12.3 Å². The second-order valence-corrected chi connectivity index (χ2v) is 9.84.